The van der Waals surface area contributed by atoms with E-state index in [0.717, 1.165) is 0 Å². The van der Waals surface area contributed by atoms with Gasteiger partial charge >= 0.3 is 0 Å². The van der Waals surface area contributed by atoms with E-state index in [2.05, 4.69) is 45.0 Å². The summed E-state index contributed by atoms with van der Waals surface area (Å²) in [5, 5.41) is 0. The van der Waals surface area contributed by atoms with E-state index in [1.165, 1.54) is 24.8 Å². The Morgan fingerprint density at radius 3 is 2.31 bits per heavy atom. The van der Waals surface area contributed by atoms with Crippen molar-refractivity contribution in [1.29, 1.82) is 0 Å². The van der Waals surface area contributed by atoms with Gasteiger partial charge in [0.15, 0.2) is 0 Å². The van der Waals surface area contributed by atoms with Gasteiger partial charge in [-0.15, -0.1) is 0 Å². The van der Waals surface area contributed by atoms with Crippen LogP contribution in [0.4, 0.5) is 0 Å². The summed E-state index contributed by atoms with van der Waals surface area (Å²) in [7, 11) is 0. The number of rotatable bonds is 4. The van der Waals surface area contributed by atoms with E-state index in [9.17, 15) is 0 Å². The third-order valence-electron chi connectivity index (χ3n) is 4.35. The van der Waals surface area contributed by atoms with E-state index in [0.29, 0.717) is 5.41 Å². The van der Waals surface area contributed by atoms with Gasteiger partial charge in [-0.2, -0.15) is 0 Å². The first kappa shape index (κ1) is 11.4. The summed E-state index contributed by atoms with van der Waals surface area (Å²) in [5.41, 5.74) is 1.86. The SMILES string of the molecule is CCC1(CC)CC1(C)N=Cc1ccccc1. The lowest BCUT2D eigenvalue weighted by molar-refractivity contribution is 0.404. The van der Waals surface area contributed by atoms with Gasteiger partial charge in [-0.25, -0.2) is 0 Å². The molecule has 0 bridgehead atoms. The second-order valence-electron chi connectivity index (χ2n) is 5.11. The molecule has 1 atom stereocenters. The lowest BCUT2D eigenvalue weighted by Gasteiger charge is -2.15. The zero-order valence-electron chi connectivity index (χ0n) is 10.5. The third-order valence-corrected chi connectivity index (χ3v) is 4.35. The number of nitrogens with zero attached hydrogens (tertiary/aromatic N) is 1. The number of benzene rings is 1. The van der Waals surface area contributed by atoms with Crippen molar-refractivity contribution in [3.8, 4) is 0 Å². The monoisotopic (exact) mass is 215 g/mol. The van der Waals surface area contributed by atoms with Crippen LogP contribution < -0.4 is 0 Å². The van der Waals surface area contributed by atoms with Crippen LogP contribution in [0.2, 0.25) is 0 Å². The average molecular weight is 215 g/mol. The van der Waals surface area contributed by atoms with Crippen LogP contribution in [0.25, 0.3) is 0 Å². The summed E-state index contributed by atoms with van der Waals surface area (Å²) in [4.78, 5) is 4.81. The second kappa shape index (κ2) is 4.04. The molecule has 86 valence electrons. The molecule has 1 aliphatic carbocycles. The zero-order chi connectivity index (χ0) is 11.6. The Kier molecular flexibility index (Phi) is 2.88. The summed E-state index contributed by atoms with van der Waals surface area (Å²) in [5.74, 6) is 0. The van der Waals surface area contributed by atoms with Crippen LogP contribution in [-0.4, -0.2) is 11.8 Å². The van der Waals surface area contributed by atoms with E-state index in [-0.39, 0.29) is 5.54 Å². The zero-order valence-corrected chi connectivity index (χ0v) is 10.5. The summed E-state index contributed by atoms with van der Waals surface area (Å²) >= 11 is 0. The molecule has 1 unspecified atom stereocenters. The highest BCUT2D eigenvalue weighted by Gasteiger charge is 2.61. The quantitative estimate of drug-likeness (QED) is 0.671. The summed E-state index contributed by atoms with van der Waals surface area (Å²) in [6, 6.07) is 10.4. The Morgan fingerprint density at radius 2 is 1.81 bits per heavy atom. The van der Waals surface area contributed by atoms with Crippen LogP contribution in [0.3, 0.4) is 0 Å². The van der Waals surface area contributed by atoms with Crippen LogP contribution in [0.5, 0.6) is 0 Å². The minimum absolute atomic E-state index is 0.187. The molecular formula is C15H21N. The third kappa shape index (κ3) is 1.79. The number of hydrogen-bond donors (Lipinski definition) is 0. The maximum atomic E-state index is 4.81. The van der Waals surface area contributed by atoms with Gasteiger partial charge < -0.3 is 0 Å². The molecule has 0 amide bonds. The molecule has 1 fully saturated rings. The number of aliphatic imine (C=N–C) groups is 1. The van der Waals surface area contributed by atoms with Crippen molar-refractivity contribution in [3.05, 3.63) is 35.9 Å². The van der Waals surface area contributed by atoms with Crippen molar-refractivity contribution in [2.45, 2.75) is 45.6 Å². The van der Waals surface area contributed by atoms with Crippen molar-refractivity contribution in [3.63, 3.8) is 0 Å². The molecule has 0 spiro atoms. The molecule has 1 aromatic rings. The van der Waals surface area contributed by atoms with Crippen LogP contribution in [0.15, 0.2) is 35.3 Å². The standard InChI is InChI=1S/C15H21N/c1-4-15(5-2)12-14(15,3)16-11-13-9-7-6-8-10-13/h6-11H,4-5,12H2,1-3H3. The van der Waals surface area contributed by atoms with Gasteiger partial charge in [-0.1, -0.05) is 44.2 Å². The smallest absolute Gasteiger partial charge is 0.0643 e. The molecular weight excluding hydrogens is 194 g/mol. The molecule has 1 saturated carbocycles. The molecule has 16 heavy (non-hydrogen) atoms. The molecule has 1 aromatic carbocycles. The first-order chi connectivity index (χ1) is 7.66. The van der Waals surface area contributed by atoms with Gasteiger partial charge in [-0.05, 0) is 37.2 Å². The first-order valence-corrected chi connectivity index (χ1v) is 6.26. The fourth-order valence-electron chi connectivity index (χ4n) is 2.82. The summed E-state index contributed by atoms with van der Waals surface area (Å²) in [6.07, 6.45) is 5.77. The molecule has 2 rings (SSSR count). The topological polar surface area (TPSA) is 12.4 Å². The molecule has 0 N–H and O–H groups in total. The van der Waals surface area contributed by atoms with E-state index in [1.807, 2.05) is 12.3 Å². The highest BCUT2D eigenvalue weighted by molar-refractivity contribution is 5.80. The van der Waals surface area contributed by atoms with E-state index in [4.69, 9.17) is 4.99 Å². The van der Waals surface area contributed by atoms with Crippen molar-refractivity contribution < 1.29 is 0 Å². The highest BCUT2D eigenvalue weighted by atomic mass is 15.0. The molecule has 1 aliphatic rings. The van der Waals surface area contributed by atoms with E-state index < -0.39 is 0 Å². The minimum atomic E-state index is 0.187. The molecule has 0 heterocycles. The fourth-order valence-corrected chi connectivity index (χ4v) is 2.82. The van der Waals surface area contributed by atoms with Crippen LogP contribution in [0, 0.1) is 5.41 Å². The van der Waals surface area contributed by atoms with Gasteiger partial charge in [0.05, 0.1) is 5.54 Å². The minimum Gasteiger partial charge on any atom is -0.286 e. The van der Waals surface area contributed by atoms with E-state index in [1.54, 1.807) is 0 Å². The fraction of sp³-hybridized carbons (Fsp3) is 0.533. The molecule has 0 radical (unpaired) electrons. The van der Waals surface area contributed by atoms with Crippen LogP contribution in [0.1, 0.15) is 45.6 Å². The Labute approximate surface area is 98.6 Å². The Balaban J connectivity index is 2.10. The van der Waals surface area contributed by atoms with Gasteiger partial charge in [-0.3, -0.25) is 4.99 Å². The predicted molar refractivity (Wildman–Crippen MR) is 70.1 cm³/mol. The Morgan fingerprint density at radius 1 is 1.19 bits per heavy atom. The van der Waals surface area contributed by atoms with Crippen LogP contribution in [-0.2, 0) is 0 Å². The van der Waals surface area contributed by atoms with Gasteiger partial charge in [0, 0.05) is 6.21 Å². The Hall–Kier alpha value is -1.11. The van der Waals surface area contributed by atoms with Crippen LogP contribution >= 0.6 is 0 Å². The van der Waals surface area contributed by atoms with Gasteiger partial charge in [0.25, 0.3) is 0 Å². The molecule has 1 nitrogen and oxygen atoms in total. The predicted octanol–water partition coefficient (Wildman–Crippen LogP) is 4.07. The lowest BCUT2D eigenvalue weighted by atomic mass is 9.94. The van der Waals surface area contributed by atoms with E-state index >= 15 is 0 Å². The Bertz CT molecular complexity index is 376. The van der Waals surface area contributed by atoms with Gasteiger partial charge in [0.1, 0.15) is 0 Å². The van der Waals surface area contributed by atoms with Gasteiger partial charge in [0.2, 0.25) is 0 Å². The molecule has 0 aromatic heterocycles. The highest BCUT2D eigenvalue weighted by Crippen LogP contribution is 2.63. The summed E-state index contributed by atoms with van der Waals surface area (Å²) < 4.78 is 0. The maximum absolute atomic E-state index is 4.81. The molecule has 1 heteroatoms. The molecule has 0 aliphatic heterocycles. The van der Waals surface area contributed by atoms with Crippen molar-refractivity contribution >= 4 is 6.21 Å². The maximum Gasteiger partial charge on any atom is 0.0643 e. The average Bonchev–Trinajstić information content (AvgIpc) is 2.95. The number of hydrogen-bond acceptors (Lipinski definition) is 1. The molecule has 0 saturated heterocycles. The lowest BCUT2D eigenvalue weighted by Crippen LogP contribution is -2.13. The first-order valence-electron chi connectivity index (χ1n) is 6.26. The summed E-state index contributed by atoms with van der Waals surface area (Å²) in [6.45, 7) is 6.86. The van der Waals surface area contributed by atoms with Crippen molar-refractivity contribution in [2.24, 2.45) is 10.4 Å². The second-order valence-corrected chi connectivity index (χ2v) is 5.11. The normalized spacial score (nSPS) is 27.2. The van der Waals surface area contributed by atoms with Crippen molar-refractivity contribution in [2.75, 3.05) is 0 Å². The van der Waals surface area contributed by atoms with Crippen molar-refractivity contribution in [1.82, 2.24) is 0 Å². The largest absolute Gasteiger partial charge is 0.286 e.